The Bertz CT molecular complexity index is 427. The van der Waals surface area contributed by atoms with Crippen LogP contribution in [0.4, 0.5) is 0 Å². The summed E-state index contributed by atoms with van der Waals surface area (Å²) >= 11 is 6.02. The minimum absolute atomic E-state index is 0.127. The van der Waals surface area contributed by atoms with Crippen molar-refractivity contribution in [3.8, 4) is 0 Å². The largest absolute Gasteiger partial charge is 0.326 e. The van der Waals surface area contributed by atoms with Crippen LogP contribution < -0.4 is 5.73 Å². The first-order valence-electron chi connectivity index (χ1n) is 8.24. The van der Waals surface area contributed by atoms with Crippen LogP contribution in [0.5, 0.6) is 0 Å². The van der Waals surface area contributed by atoms with Crippen LogP contribution in [0.25, 0.3) is 0 Å². The summed E-state index contributed by atoms with van der Waals surface area (Å²) in [5.74, 6) is 1.64. The van der Waals surface area contributed by atoms with Crippen molar-refractivity contribution in [1.82, 2.24) is 4.90 Å². The maximum Gasteiger partial charge on any atom is 0.0496 e. The van der Waals surface area contributed by atoms with E-state index in [1.165, 1.54) is 24.8 Å². The Labute approximate surface area is 134 Å². The third kappa shape index (κ3) is 4.45. The Morgan fingerprint density at radius 3 is 2.33 bits per heavy atom. The van der Waals surface area contributed by atoms with Gasteiger partial charge in [0.15, 0.2) is 0 Å². The van der Waals surface area contributed by atoms with Gasteiger partial charge in [0.1, 0.15) is 0 Å². The van der Waals surface area contributed by atoms with Crippen LogP contribution in [0.15, 0.2) is 24.3 Å². The fraction of sp³-hybridized carbons (Fsp3) is 0.667. The lowest BCUT2D eigenvalue weighted by atomic mass is 9.89. The van der Waals surface area contributed by atoms with Gasteiger partial charge in [-0.1, -0.05) is 37.6 Å². The lowest BCUT2D eigenvalue weighted by molar-refractivity contribution is 0.179. The van der Waals surface area contributed by atoms with E-state index < -0.39 is 0 Å². The standard InChI is InChI=1S/C18H29ClN2/c1-13(2)15-5-4-11-21(12-10-15)18(14(3)20)16-6-8-17(19)9-7-16/h6-9,13-15,18H,4-5,10-12,20H2,1-3H3. The minimum atomic E-state index is 0.127. The number of likely N-dealkylation sites (tertiary alicyclic amines) is 1. The van der Waals surface area contributed by atoms with Crippen molar-refractivity contribution in [3.05, 3.63) is 34.9 Å². The van der Waals surface area contributed by atoms with Crippen LogP contribution in [0.2, 0.25) is 5.02 Å². The van der Waals surface area contributed by atoms with Gasteiger partial charge in [-0.15, -0.1) is 0 Å². The quantitative estimate of drug-likeness (QED) is 0.888. The Hall–Kier alpha value is -0.570. The lowest BCUT2D eigenvalue weighted by Crippen LogP contribution is -2.40. The zero-order valence-electron chi connectivity index (χ0n) is 13.6. The van der Waals surface area contributed by atoms with Gasteiger partial charge >= 0.3 is 0 Å². The van der Waals surface area contributed by atoms with Gasteiger partial charge in [-0.2, -0.15) is 0 Å². The van der Waals surface area contributed by atoms with Crippen molar-refractivity contribution in [2.75, 3.05) is 13.1 Å². The minimum Gasteiger partial charge on any atom is -0.326 e. The molecule has 21 heavy (non-hydrogen) atoms. The fourth-order valence-corrected chi connectivity index (χ4v) is 3.72. The SMILES string of the molecule is CC(C)C1CCCN(C(c2ccc(Cl)cc2)C(C)N)CC1. The maximum absolute atomic E-state index is 6.31. The number of hydrogen-bond acceptors (Lipinski definition) is 2. The third-order valence-corrected chi connectivity index (χ3v) is 5.11. The van der Waals surface area contributed by atoms with Gasteiger partial charge in [-0.25, -0.2) is 0 Å². The van der Waals surface area contributed by atoms with E-state index >= 15 is 0 Å². The van der Waals surface area contributed by atoms with Crippen molar-refractivity contribution in [3.63, 3.8) is 0 Å². The molecule has 0 amide bonds. The van der Waals surface area contributed by atoms with Gasteiger partial charge in [0, 0.05) is 17.1 Å². The van der Waals surface area contributed by atoms with Gasteiger partial charge in [-0.05, 0) is 68.8 Å². The topological polar surface area (TPSA) is 29.3 Å². The van der Waals surface area contributed by atoms with Crippen LogP contribution in [-0.2, 0) is 0 Å². The molecule has 1 aromatic rings. The monoisotopic (exact) mass is 308 g/mol. The van der Waals surface area contributed by atoms with E-state index in [9.17, 15) is 0 Å². The molecule has 1 fully saturated rings. The molecular formula is C18H29ClN2. The summed E-state index contributed by atoms with van der Waals surface area (Å²) in [6.07, 6.45) is 3.91. The molecule has 0 aromatic heterocycles. The average Bonchev–Trinajstić information content (AvgIpc) is 2.67. The first-order valence-corrected chi connectivity index (χ1v) is 8.62. The van der Waals surface area contributed by atoms with E-state index in [0.29, 0.717) is 6.04 Å². The molecule has 3 unspecified atom stereocenters. The molecule has 0 spiro atoms. The van der Waals surface area contributed by atoms with Crippen LogP contribution >= 0.6 is 11.6 Å². The highest BCUT2D eigenvalue weighted by molar-refractivity contribution is 6.30. The fourth-order valence-electron chi connectivity index (χ4n) is 3.60. The maximum atomic E-state index is 6.31. The Balaban J connectivity index is 2.13. The van der Waals surface area contributed by atoms with Crippen LogP contribution in [0, 0.1) is 11.8 Å². The van der Waals surface area contributed by atoms with E-state index in [0.717, 1.165) is 29.9 Å². The van der Waals surface area contributed by atoms with E-state index in [-0.39, 0.29) is 6.04 Å². The summed E-state index contributed by atoms with van der Waals surface area (Å²) in [4.78, 5) is 2.58. The predicted molar refractivity (Wildman–Crippen MR) is 91.6 cm³/mol. The zero-order chi connectivity index (χ0) is 15.4. The van der Waals surface area contributed by atoms with Crippen molar-refractivity contribution in [2.24, 2.45) is 17.6 Å². The lowest BCUT2D eigenvalue weighted by Gasteiger charge is -2.34. The molecule has 118 valence electrons. The zero-order valence-corrected chi connectivity index (χ0v) is 14.3. The summed E-state index contributed by atoms with van der Waals surface area (Å²) in [5.41, 5.74) is 7.60. The van der Waals surface area contributed by atoms with E-state index in [2.05, 4.69) is 37.8 Å². The van der Waals surface area contributed by atoms with Crippen molar-refractivity contribution in [2.45, 2.75) is 52.1 Å². The smallest absolute Gasteiger partial charge is 0.0496 e. The highest BCUT2D eigenvalue weighted by Crippen LogP contribution is 2.31. The molecule has 1 aliphatic heterocycles. The van der Waals surface area contributed by atoms with E-state index in [1.807, 2.05) is 12.1 Å². The molecule has 2 nitrogen and oxygen atoms in total. The second-order valence-electron chi connectivity index (χ2n) is 6.83. The van der Waals surface area contributed by atoms with Crippen LogP contribution in [0.3, 0.4) is 0 Å². The number of nitrogens with two attached hydrogens (primary N) is 1. The van der Waals surface area contributed by atoms with Crippen molar-refractivity contribution in [1.29, 1.82) is 0 Å². The summed E-state index contributed by atoms with van der Waals surface area (Å²) in [6.45, 7) is 9.12. The molecule has 0 radical (unpaired) electrons. The summed E-state index contributed by atoms with van der Waals surface area (Å²) in [5, 5.41) is 0.790. The van der Waals surface area contributed by atoms with E-state index in [1.54, 1.807) is 0 Å². The number of hydrogen-bond donors (Lipinski definition) is 1. The first kappa shape index (κ1) is 16.8. The molecule has 3 heteroatoms. The van der Waals surface area contributed by atoms with Gasteiger partial charge in [0.05, 0.1) is 0 Å². The average molecular weight is 309 g/mol. The van der Waals surface area contributed by atoms with Crippen LogP contribution in [0.1, 0.15) is 51.6 Å². The normalized spacial score (nSPS) is 23.8. The summed E-state index contributed by atoms with van der Waals surface area (Å²) in [6, 6.07) is 8.62. The molecule has 1 heterocycles. The van der Waals surface area contributed by atoms with E-state index in [4.69, 9.17) is 17.3 Å². The highest BCUT2D eigenvalue weighted by Gasteiger charge is 2.27. The number of benzene rings is 1. The number of rotatable bonds is 4. The number of nitrogens with zero attached hydrogens (tertiary/aromatic N) is 1. The molecular weight excluding hydrogens is 280 g/mol. The van der Waals surface area contributed by atoms with Crippen molar-refractivity contribution >= 4 is 11.6 Å². The van der Waals surface area contributed by atoms with Gasteiger partial charge in [0.25, 0.3) is 0 Å². The Morgan fingerprint density at radius 2 is 1.76 bits per heavy atom. The molecule has 1 saturated heterocycles. The molecule has 0 saturated carbocycles. The first-order chi connectivity index (χ1) is 9.99. The van der Waals surface area contributed by atoms with Gasteiger partial charge in [0.2, 0.25) is 0 Å². The second kappa shape index (κ2) is 7.62. The summed E-state index contributed by atoms with van der Waals surface area (Å²) in [7, 11) is 0. The molecule has 3 atom stereocenters. The molecule has 0 aliphatic carbocycles. The highest BCUT2D eigenvalue weighted by atomic mass is 35.5. The molecule has 1 aliphatic rings. The van der Waals surface area contributed by atoms with Gasteiger partial charge in [-0.3, -0.25) is 4.90 Å². The molecule has 2 rings (SSSR count). The third-order valence-electron chi connectivity index (χ3n) is 4.85. The molecule has 0 bridgehead atoms. The van der Waals surface area contributed by atoms with Crippen molar-refractivity contribution < 1.29 is 0 Å². The molecule has 2 N–H and O–H groups in total. The summed E-state index contributed by atoms with van der Waals surface area (Å²) < 4.78 is 0. The predicted octanol–water partition coefficient (Wildman–Crippen LogP) is 4.49. The second-order valence-corrected chi connectivity index (χ2v) is 7.26. The number of halogens is 1. The molecule has 1 aromatic carbocycles. The van der Waals surface area contributed by atoms with Gasteiger partial charge < -0.3 is 5.73 Å². The Morgan fingerprint density at radius 1 is 1.10 bits per heavy atom. The van der Waals surface area contributed by atoms with Crippen LogP contribution in [-0.4, -0.2) is 24.0 Å². The Kier molecular flexibility index (Phi) is 6.09.